The molecule has 0 unspecified atom stereocenters. The van der Waals surface area contributed by atoms with Gasteiger partial charge in [0.25, 0.3) is 5.70 Å². The number of carbonyl (C=O) groups excluding carboxylic acids is 5. The molecule has 3 aliphatic rings. The van der Waals surface area contributed by atoms with Crippen LogP contribution in [0.4, 0.5) is 17.6 Å². The molecule has 8 rings (SSSR count). The van der Waals surface area contributed by atoms with E-state index in [4.69, 9.17) is 44.5 Å². The van der Waals surface area contributed by atoms with E-state index in [0.717, 1.165) is 151 Å². The van der Waals surface area contributed by atoms with Crippen LogP contribution in [0.5, 0.6) is 28.7 Å². The van der Waals surface area contributed by atoms with Crippen molar-refractivity contribution in [3.05, 3.63) is 158 Å². The van der Waals surface area contributed by atoms with Gasteiger partial charge in [-0.05, 0) is 153 Å². The van der Waals surface area contributed by atoms with Crippen molar-refractivity contribution in [1.82, 2.24) is 0 Å². The molecule has 2 aliphatic heterocycles. The van der Waals surface area contributed by atoms with E-state index in [1.54, 1.807) is 12.1 Å². The summed E-state index contributed by atoms with van der Waals surface area (Å²) in [6.45, 7) is 19.7. The zero-order valence-corrected chi connectivity index (χ0v) is 54.8. The molecule has 1 saturated carbocycles. The molecule has 0 bridgehead atoms. The number of hydrogen-bond donors (Lipinski definition) is 0. The van der Waals surface area contributed by atoms with Crippen molar-refractivity contribution in [1.29, 1.82) is 5.26 Å². The average Bonchev–Trinajstić information content (AvgIpc) is 1.75. The van der Waals surface area contributed by atoms with E-state index in [9.17, 15) is 29.2 Å². The van der Waals surface area contributed by atoms with Crippen LogP contribution in [0.15, 0.2) is 137 Å². The minimum atomic E-state index is -4.52. The van der Waals surface area contributed by atoms with Crippen molar-refractivity contribution in [3.63, 3.8) is 0 Å². The summed E-state index contributed by atoms with van der Waals surface area (Å²) in [7, 11) is 0. The van der Waals surface area contributed by atoms with Gasteiger partial charge in [-0.2, -0.15) is 18.4 Å². The lowest BCUT2D eigenvalue weighted by atomic mass is 9.77. The number of rotatable bonds is 33. The van der Waals surface area contributed by atoms with Crippen molar-refractivity contribution in [2.24, 2.45) is 5.92 Å². The molecule has 93 heavy (non-hydrogen) atoms. The Morgan fingerprint density at radius 2 is 1.24 bits per heavy atom. The van der Waals surface area contributed by atoms with Crippen LogP contribution in [0.25, 0.3) is 15.6 Å². The highest BCUT2D eigenvalue weighted by molar-refractivity contribution is 8.25. The number of alkyl halides is 2. The van der Waals surface area contributed by atoms with E-state index in [1.165, 1.54) is 24.2 Å². The number of halogens is 4. The van der Waals surface area contributed by atoms with Gasteiger partial charge in [0.05, 0.1) is 62.8 Å². The Morgan fingerprint density at radius 3 is 1.95 bits per heavy atom. The maximum absolute atomic E-state index is 16.2. The first kappa shape index (κ1) is 71.0. The van der Waals surface area contributed by atoms with Crippen LogP contribution in [0.1, 0.15) is 139 Å². The van der Waals surface area contributed by atoms with E-state index < -0.39 is 70.3 Å². The third-order valence-corrected chi connectivity index (χ3v) is 20.6. The van der Waals surface area contributed by atoms with Gasteiger partial charge in [0.15, 0.2) is 17.1 Å². The molecular weight excluding hydrogens is 1280 g/mol. The van der Waals surface area contributed by atoms with Crippen molar-refractivity contribution < 1.29 is 79.4 Å². The number of esters is 5. The van der Waals surface area contributed by atoms with Crippen LogP contribution in [0, 0.1) is 35.5 Å². The first-order chi connectivity index (χ1) is 45.0. The number of fused-ring (bicyclic) bond motifs is 3. The molecule has 0 atom stereocenters. The lowest BCUT2D eigenvalue weighted by Crippen LogP contribution is -2.24. The fourth-order valence-electron chi connectivity index (χ4n) is 10.5. The van der Waals surface area contributed by atoms with Gasteiger partial charge in [-0.25, -0.2) is 23.6 Å². The summed E-state index contributed by atoms with van der Waals surface area (Å²) < 4.78 is 108. The smallest absolute Gasteiger partial charge is 0.429 e. The summed E-state index contributed by atoms with van der Waals surface area (Å²) in [5, 5.41) is 12.0. The molecule has 0 saturated heterocycles. The fraction of sp³-hybridized carbons (Fsp3) is 0.386. The number of ether oxygens (including phenoxy) is 8. The summed E-state index contributed by atoms with van der Waals surface area (Å²) >= 11 is 4.07. The topological polar surface area (TPSA) is 187 Å². The Labute approximate surface area is 555 Å². The number of nitriles is 1. The monoisotopic (exact) mass is 1350 g/mol. The molecular formula is C70H70F4N2O13S4. The van der Waals surface area contributed by atoms with Gasteiger partial charge in [-0.3, -0.25) is 9.59 Å². The van der Waals surface area contributed by atoms with Crippen LogP contribution in [0.2, 0.25) is 0 Å². The number of unbranched alkanes of at least 4 members (excludes halogenated alkanes) is 6. The molecule has 490 valence electrons. The van der Waals surface area contributed by atoms with Gasteiger partial charge >= 0.3 is 36.0 Å². The first-order valence-electron chi connectivity index (χ1n) is 30.8. The van der Waals surface area contributed by atoms with Crippen molar-refractivity contribution in [2.75, 3.05) is 33.0 Å². The van der Waals surface area contributed by atoms with Gasteiger partial charge in [0, 0.05) is 23.5 Å². The highest BCUT2D eigenvalue weighted by Gasteiger charge is 2.42. The second-order valence-corrected chi connectivity index (χ2v) is 26.5. The average molecular weight is 1350 g/mol. The molecule has 1 aliphatic carbocycles. The third kappa shape index (κ3) is 19.2. The van der Waals surface area contributed by atoms with Crippen LogP contribution in [-0.2, 0) is 50.7 Å². The maximum Gasteiger partial charge on any atom is 0.429 e. The summed E-state index contributed by atoms with van der Waals surface area (Å²) in [5.41, 5.74) is -0.376. The molecule has 0 aromatic heterocycles. The predicted octanol–water partition coefficient (Wildman–Crippen LogP) is 18.0. The Balaban J connectivity index is 0.844. The van der Waals surface area contributed by atoms with E-state index in [0.29, 0.717) is 58.3 Å². The van der Waals surface area contributed by atoms with Crippen molar-refractivity contribution in [3.8, 4) is 34.8 Å². The number of aryl methyl sites for hydroxylation is 1. The molecule has 0 spiro atoms. The van der Waals surface area contributed by atoms with Crippen molar-refractivity contribution >= 4 is 87.7 Å². The molecule has 0 radical (unpaired) electrons. The predicted molar refractivity (Wildman–Crippen MR) is 348 cm³/mol. The van der Waals surface area contributed by atoms with Gasteiger partial charge in [-0.1, -0.05) is 130 Å². The zero-order valence-electron chi connectivity index (χ0n) is 51.6. The van der Waals surface area contributed by atoms with E-state index in [-0.39, 0.29) is 76.8 Å². The largest absolute Gasteiger partial charge is 0.494 e. The third-order valence-electron chi connectivity index (χ3n) is 15.3. The van der Waals surface area contributed by atoms with Gasteiger partial charge < -0.3 is 37.9 Å². The molecule has 0 amide bonds. The first-order valence-corrected chi connectivity index (χ1v) is 34.1. The molecule has 23 heteroatoms. The van der Waals surface area contributed by atoms with E-state index >= 15 is 17.6 Å². The van der Waals surface area contributed by atoms with Crippen LogP contribution >= 0.6 is 47.0 Å². The normalized spacial score (nSPS) is 16.0. The summed E-state index contributed by atoms with van der Waals surface area (Å²) in [4.78, 5) is 68.5. The number of nitrogens with zero attached hydrogens (tertiary/aromatic N) is 2. The summed E-state index contributed by atoms with van der Waals surface area (Å²) in [6, 6.07) is 20.6. The molecule has 5 aromatic carbocycles. The van der Waals surface area contributed by atoms with Crippen LogP contribution in [0.3, 0.4) is 0 Å². The molecule has 0 N–H and O–H groups in total. The minimum Gasteiger partial charge on any atom is -0.494 e. The molecule has 1 fully saturated rings. The minimum absolute atomic E-state index is 0.00310. The van der Waals surface area contributed by atoms with E-state index in [2.05, 4.69) is 24.9 Å². The number of thioether (sulfide) groups is 4. The standard InChI is InChI=1S/C70H70F4N2O13S4/c1-6-10-13-36-83-53-32-33-55(89-70(73,74)51-29-31-52(60(72)59(51)71)87-58(79)34-22-44-21-25-47-41-48(27-26-46(47)40-44)82-35-14-11-12-15-37-84-56(77)8-3)65-63(53)92-69(93-65)61(76-5)67(81)86-39-17-16-38-85-66(80)50(42-75)68-90-62-49(45-23-19-43(18-7-2)20-24-45)28-30-54(64(62)91-68)88-57(78)9-4/h8-9,21,25-33,40-41,43,45H,3-4,6-7,10-20,22-24,34-39H2,1-2H3/b68-50+,69-61-. The Morgan fingerprint density at radius 1 is 0.634 bits per heavy atom. The summed E-state index contributed by atoms with van der Waals surface area (Å²) in [6.07, 6.45) is 10.2. The molecule has 2 heterocycles. The number of benzene rings is 5. The van der Waals surface area contributed by atoms with Crippen LogP contribution in [-0.4, -0.2) is 62.9 Å². The van der Waals surface area contributed by atoms with Crippen molar-refractivity contribution in [2.45, 2.75) is 155 Å². The number of hydrogen-bond acceptors (Lipinski definition) is 18. The fourth-order valence-corrected chi connectivity index (χ4v) is 15.8. The van der Waals surface area contributed by atoms with Gasteiger partial charge in [0.2, 0.25) is 5.82 Å². The second-order valence-electron chi connectivity index (χ2n) is 21.9. The quantitative estimate of drug-likeness (QED) is 0.00563. The summed E-state index contributed by atoms with van der Waals surface area (Å²) in [5.74, 6) is -7.06. The van der Waals surface area contributed by atoms with E-state index in [1.807, 2.05) is 49.4 Å². The SMILES string of the molecule is [C-]#[N+]/C(C(=O)OCCCCOC(=O)/C(C#N)=C1/Sc2c(OC(=O)C=C)ccc(C3CCC(CCC)CC3)c2S1)=C1/Sc2c(OCCCCC)ccc(OC(F)(F)c3ccc(OC(=O)CCc4ccc5cc(OCCCCCCOC(=O)C=C)ccc5c4)c(F)c3F)c2S1. The van der Waals surface area contributed by atoms with Gasteiger partial charge in [-0.15, -0.1) is 0 Å². The molecule has 5 aromatic rings. The zero-order chi connectivity index (χ0) is 66.4. The second kappa shape index (κ2) is 34.9. The number of carbonyl (C=O) groups is 5. The molecule has 15 nitrogen and oxygen atoms in total. The lowest BCUT2D eigenvalue weighted by molar-refractivity contribution is -0.189. The highest BCUT2D eigenvalue weighted by Crippen LogP contribution is 2.61. The lowest BCUT2D eigenvalue weighted by Gasteiger charge is -2.29. The van der Waals surface area contributed by atoms with Gasteiger partial charge in [0.1, 0.15) is 34.6 Å². The van der Waals surface area contributed by atoms with Crippen LogP contribution < -0.4 is 23.7 Å². The Bertz CT molecular complexity index is 3760. The Hall–Kier alpha value is -7.83. The highest BCUT2D eigenvalue weighted by atomic mass is 32.2. The Kier molecular flexibility index (Phi) is 26.7. The maximum atomic E-state index is 16.2.